The van der Waals surface area contributed by atoms with Gasteiger partial charge in [0.25, 0.3) is 10.0 Å². The van der Waals surface area contributed by atoms with Crippen LogP contribution in [-0.2, 0) is 10.0 Å². The van der Waals surface area contributed by atoms with E-state index in [0.717, 1.165) is 0 Å². The molecule has 0 spiro atoms. The van der Waals surface area contributed by atoms with Crippen LogP contribution in [0.15, 0.2) is 47.4 Å². The van der Waals surface area contributed by atoms with Gasteiger partial charge in [-0.25, -0.2) is 8.42 Å². The third kappa shape index (κ3) is 3.36. The van der Waals surface area contributed by atoms with Gasteiger partial charge in [-0.15, -0.1) is 0 Å². The summed E-state index contributed by atoms with van der Waals surface area (Å²) in [6.45, 7) is 0. The standard InChI is InChI=1S/C13H11Cl2NO3S/c1-19-10-3-5-11(6-4-10)20(17,18)16-9-2-7-12(14)13(15)8-9/h2-8,16H,1H3. The maximum atomic E-state index is 12.2. The Morgan fingerprint density at radius 2 is 1.65 bits per heavy atom. The summed E-state index contributed by atoms with van der Waals surface area (Å²) in [7, 11) is -2.16. The van der Waals surface area contributed by atoms with Crippen molar-refractivity contribution in [3.8, 4) is 5.75 Å². The van der Waals surface area contributed by atoms with E-state index in [4.69, 9.17) is 27.9 Å². The average molecular weight is 332 g/mol. The number of hydrogen-bond donors (Lipinski definition) is 1. The normalized spacial score (nSPS) is 11.2. The van der Waals surface area contributed by atoms with Gasteiger partial charge >= 0.3 is 0 Å². The molecule has 0 saturated carbocycles. The molecule has 0 amide bonds. The number of rotatable bonds is 4. The van der Waals surface area contributed by atoms with Crippen molar-refractivity contribution in [3.05, 3.63) is 52.5 Å². The zero-order valence-electron chi connectivity index (χ0n) is 10.4. The molecule has 0 aromatic heterocycles. The van der Waals surface area contributed by atoms with E-state index in [1.165, 1.54) is 37.4 Å². The summed E-state index contributed by atoms with van der Waals surface area (Å²) in [6.07, 6.45) is 0. The largest absolute Gasteiger partial charge is 0.497 e. The second-order valence-corrected chi connectivity index (χ2v) is 6.41. The van der Waals surface area contributed by atoms with Crippen molar-refractivity contribution in [3.63, 3.8) is 0 Å². The number of sulfonamides is 1. The van der Waals surface area contributed by atoms with Gasteiger partial charge < -0.3 is 4.74 Å². The fourth-order valence-electron chi connectivity index (χ4n) is 1.53. The molecular weight excluding hydrogens is 321 g/mol. The van der Waals surface area contributed by atoms with Crippen LogP contribution < -0.4 is 9.46 Å². The second kappa shape index (κ2) is 5.91. The molecule has 0 saturated heterocycles. The van der Waals surface area contributed by atoms with Crippen LogP contribution in [-0.4, -0.2) is 15.5 Å². The molecule has 2 aromatic rings. The van der Waals surface area contributed by atoms with Crippen molar-refractivity contribution in [2.45, 2.75) is 4.90 Å². The number of ether oxygens (including phenoxy) is 1. The van der Waals surface area contributed by atoms with Crippen molar-refractivity contribution >= 4 is 38.9 Å². The molecule has 20 heavy (non-hydrogen) atoms. The van der Waals surface area contributed by atoms with E-state index in [9.17, 15) is 8.42 Å². The first-order valence-corrected chi connectivity index (χ1v) is 7.78. The Kier molecular flexibility index (Phi) is 4.42. The van der Waals surface area contributed by atoms with Crippen LogP contribution in [0.3, 0.4) is 0 Å². The van der Waals surface area contributed by atoms with Crippen molar-refractivity contribution in [2.75, 3.05) is 11.8 Å². The minimum atomic E-state index is -3.68. The topological polar surface area (TPSA) is 55.4 Å². The minimum absolute atomic E-state index is 0.129. The van der Waals surface area contributed by atoms with E-state index in [-0.39, 0.29) is 9.92 Å². The van der Waals surface area contributed by atoms with Gasteiger partial charge in [0.1, 0.15) is 5.75 Å². The molecule has 0 bridgehead atoms. The molecule has 0 aliphatic rings. The summed E-state index contributed by atoms with van der Waals surface area (Å²) in [5.41, 5.74) is 0.343. The molecule has 2 aromatic carbocycles. The summed E-state index contributed by atoms with van der Waals surface area (Å²) in [5.74, 6) is 0.582. The van der Waals surface area contributed by atoms with Gasteiger partial charge in [0, 0.05) is 0 Å². The predicted molar refractivity (Wildman–Crippen MR) is 80.3 cm³/mol. The maximum absolute atomic E-state index is 12.2. The first-order valence-electron chi connectivity index (χ1n) is 5.54. The predicted octanol–water partition coefficient (Wildman–Crippen LogP) is 3.80. The van der Waals surface area contributed by atoms with E-state index >= 15 is 0 Å². The molecule has 0 heterocycles. The van der Waals surface area contributed by atoms with Crippen LogP contribution in [0.5, 0.6) is 5.75 Å². The first-order chi connectivity index (χ1) is 9.42. The lowest BCUT2D eigenvalue weighted by Crippen LogP contribution is -2.12. The van der Waals surface area contributed by atoms with Crippen molar-refractivity contribution in [1.82, 2.24) is 0 Å². The number of nitrogens with one attached hydrogen (secondary N) is 1. The quantitative estimate of drug-likeness (QED) is 0.926. The molecule has 0 radical (unpaired) electrons. The third-order valence-electron chi connectivity index (χ3n) is 2.54. The van der Waals surface area contributed by atoms with Gasteiger partial charge in [-0.3, -0.25) is 4.72 Å². The van der Waals surface area contributed by atoms with Gasteiger partial charge in [0.15, 0.2) is 0 Å². The highest BCUT2D eigenvalue weighted by Crippen LogP contribution is 2.26. The highest BCUT2D eigenvalue weighted by molar-refractivity contribution is 7.92. The van der Waals surface area contributed by atoms with Gasteiger partial charge in [0.05, 0.1) is 27.7 Å². The number of methoxy groups -OCH3 is 1. The monoisotopic (exact) mass is 331 g/mol. The lowest BCUT2D eigenvalue weighted by molar-refractivity contribution is 0.414. The highest BCUT2D eigenvalue weighted by atomic mass is 35.5. The molecular formula is C13H11Cl2NO3S. The maximum Gasteiger partial charge on any atom is 0.261 e. The van der Waals surface area contributed by atoms with Crippen LogP contribution in [0.4, 0.5) is 5.69 Å². The highest BCUT2D eigenvalue weighted by Gasteiger charge is 2.14. The molecule has 4 nitrogen and oxygen atoms in total. The molecule has 7 heteroatoms. The van der Waals surface area contributed by atoms with E-state index in [1.54, 1.807) is 12.1 Å². The average Bonchev–Trinajstić information content (AvgIpc) is 2.43. The fourth-order valence-corrected chi connectivity index (χ4v) is 2.88. The zero-order valence-corrected chi connectivity index (χ0v) is 12.8. The molecule has 0 unspecified atom stereocenters. The molecule has 0 aliphatic carbocycles. The number of halogens is 2. The Hall–Kier alpha value is -1.43. The molecule has 0 atom stereocenters. The Balaban J connectivity index is 2.27. The Morgan fingerprint density at radius 3 is 2.20 bits per heavy atom. The molecule has 1 N–H and O–H groups in total. The van der Waals surface area contributed by atoms with E-state index in [0.29, 0.717) is 16.5 Å². The van der Waals surface area contributed by atoms with Crippen molar-refractivity contribution in [1.29, 1.82) is 0 Å². The fraction of sp³-hybridized carbons (Fsp3) is 0.0769. The summed E-state index contributed by atoms with van der Waals surface area (Å²) in [6, 6.07) is 10.6. The van der Waals surface area contributed by atoms with Crippen LogP contribution in [0, 0.1) is 0 Å². The van der Waals surface area contributed by atoms with Gasteiger partial charge in [0.2, 0.25) is 0 Å². The van der Waals surface area contributed by atoms with Gasteiger partial charge in [-0.1, -0.05) is 23.2 Å². The third-order valence-corrected chi connectivity index (χ3v) is 4.68. The van der Waals surface area contributed by atoms with E-state index in [1.807, 2.05) is 0 Å². The number of hydrogen-bond acceptors (Lipinski definition) is 3. The number of anilines is 1. The van der Waals surface area contributed by atoms with E-state index < -0.39 is 10.0 Å². The van der Waals surface area contributed by atoms with Crippen LogP contribution >= 0.6 is 23.2 Å². The molecule has 0 fully saturated rings. The van der Waals surface area contributed by atoms with Crippen LogP contribution in [0.25, 0.3) is 0 Å². The van der Waals surface area contributed by atoms with Crippen LogP contribution in [0.2, 0.25) is 10.0 Å². The lowest BCUT2D eigenvalue weighted by atomic mass is 10.3. The van der Waals surface area contributed by atoms with Gasteiger partial charge in [-0.2, -0.15) is 0 Å². The number of benzene rings is 2. The smallest absolute Gasteiger partial charge is 0.261 e. The molecule has 0 aliphatic heterocycles. The van der Waals surface area contributed by atoms with E-state index in [2.05, 4.69) is 4.72 Å². The van der Waals surface area contributed by atoms with Gasteiger partial charge in [-0.05, 0) is 42.5 Å². The first kappa shape index (κ1) is 15.0. The summed E-state index contributed by atoms with van der Waals surface area (Å²) < 4.78 is 31.7. The summed E-state index contributed by atoms with van der Waals surface area (Å²) >= 11 is 11.6. The SMILES string of the molecule is COc1ccc(S(=O)(=O)Nc2ccc(Cl)c(Cl)c2)cc1. The Labute approximate surface area is 127 Å². The molecule has 106 valence electrons. The van der Waals surface area contributed by atoms with Crippen molar-refractivity contribution in [2.24, 2.45) is 0 Å². The van der Waals surface area contributed by atoms with Crippen molar-refractivity contribution < 1.29 is 13.2 Å². The summed E-state index contributed by atoms with van der Waals surface area (Å²) in [4.78, 5) is 0.129. The molecule has 2 rings (SSSR count). The Bertz CT molecular complexity index is 715. The van der Waals surface area contributed by atoms with Crippen LogP contribution in [0.1, 0.15) is 0 Å². The summed E-state index contributed by atoms with van der Waals surface area (Å²) in [5, 5.41) is 0.639. The lowest BCUT2D eigenvalue weighted by Gasteiger charge is -2.09. The Morgan fingerprint density at radius 1 is 1.00 bits per heavy atom. The minimum Gasteiger partial charge on any atom is -0.497 e. The second-order valence-electron chi connectivity index (χ2n) is 3.91. The zero-order chi connectivity index (χ0) is 14.8.